The van der Waals surface area contributed by atoms with Crippen molar-refractivity contribution in [1.82, 2.24) is 14.8 Å². The fraction of sp³-hybridized carbons (Fsp3) is 0.345. The van der Waals surface area contributed by atoms with E-state index in [4.69, 9.17) is 9.47 Å². The zero-order valence-electron chi connectivity index (χ0n) is 21.7. The number of halogens is 2. The molecule has 8 nitrogen and oxygen atoms in total. The summed E-state index contributed by atoms with van der Waals surface area (Å²) in [5.41, 5.74) is -0.109. The van der Waals surface area contributed by atoms with E-state index in [1.165, 1.54) is 16.8 Å². The zero-order valence-corrected chi connectivity index (χ0v) is 21.7. The summed E-state index contributed by atoms with van der Waals surface area (Å²) in [6, 6.07) is 12.0. The van der Waals surface area contributed by atoms with Gasteiger partial charge in [-0.05, 0) is 24.0 Å². The maximum atomic E-state index is 14.1. The molecule has 2 aliphatic rings. The van der Waals surface area contributed by atoms with Crippen molar-refractivity contribution in [3.63, 3.8) is 0 Å². The Kier molecular flexibility index (Phi) is 7.47. The van der Waals surface area contributed by atoms with Gasteiger partial charge >= 0.3 is 0 Å². The van der Waals surface area contributed by atoms with Crippen molar-refractivity contribution in [1.29, 1.82) is 0 Å². The Morgan fingerprint density at radius 1 is 1.15 bits per heavy atom. The average molecular weight is 538 g/mol. The largest absolute Gasteiger partial charge is 0.483 e. The van der Waals surface area contributed by atoms with Gasteiger partial charge in [0.05, 0.1) is 19.2 Å². The van der Waals surface area contributed by atoms with Crippen LogP contribution in [0.1, 0.15) is 52.2 Å². The lowest BCUT2D eigenvalue weighted by atomic mass is 10.0. The number of carbonyl (C=O) groups is 2. The SMILES string of the molecule is CC(C)CC1COC2Cn3cc(C(=O)NCc4ccc(F)cc4F)c(=O)c(OCc4ccccc4)c3C(=O)N12. The molecule has 0 saturated carbocycles. The molecular formula is C29H29F2N3O5. The number of ether oxygens (including phenoxy) is 2. The van der Waals surface area contributed by atoms with Crippen LogP contribution in [0.3, 0.4) is 0 Å². The Morgan fingerprint density at radius 2 is 1.92 bits per heavy atom. The van der Waals surface area contributed by atoms with E-state index >= 15 is 0 Å². The molecule has 0 radical (unpaired) electrons. The molecule has 2 amide bonds. The molecule has 5 rings (SSSR count). The highest BCUT2D eigenvalue weighted by Crippen LogP contribution is 2.32. The first-order valence-electron chi connectivity index (χ1n) is 12.8. The summed E-state index contributed by atoms with van der Waals surface area (Å²) in [5.74, 6) is -2.61. The minimum Gasteiger partial charge on any atom is -0.483 e. The van der Waals surface area contributed by atoms with Crippen LogP contribution in [-0.2, 0) is 24.4 Å². The maximum Gasteiger partial charge on any atom is 0.276 e. The van der Waals surface area contributed by atoms with Gasteiger partial charge < -0.3 is 24.3 Å². The zero-order chi connectivity index (χ0) is 27.7. The highest BCUT2D eigenvalue weighted by atomic mass is 19.1. The molecule has 10 heteroatoms. The van der Waals surface area contributed by atoms with Gasteiger partial charge in [-0.25, -0.2) is 8.78 Å². The Labute approximate surface area is 224 Å². The molecule has 0 aliphatic carbocycles. The van der Waals surface area contributed by atoms with Crippen LogP contribution in [0.5, 0.6) is 5.75 Å². The summed E-state index contributed by atoms with van der Waals surface area (Å²) >= 11 is 0. The first kappa shape index (κ1) is 26.6. The Hall–Kier alpha value is -4.05. The smallest absolute Gasteiger partial charge is 0.276 e. The summed E-state index contributed by atoms with van der Waals surface area (Å²) in [4.78, 5) is 42.1. The van der Waals surface area contributed by atoms with Crippen LogP contribution in [0, 0.1) is 17.6 Å². The lowest BCUT2D eigenvalue weighted by Crippen LogP contribution is -2.50. The molecular weight excluding hydrogens is 508 g/mol. The van der Waals surface area contributed by atoms with Crippen molar-refractivity contribution < 1.29 is 27.8 Å². The van der Waals surface area contributed by atoms with Crippen LogP contribution in [0.2, 0.25) is 0 Å². The van der Waals surface area contributed by atoms with Crippen molar-refractivity contribution in [2.45, 2.75) is 52.2 Å². The number of carbonyl (C=O) groups excluding carboxylic acids is 2. The highest BCUT2D eigenvalue weighted by Gasteiger charge is 2.45. The van der Waals surface area contributed by atoms with Crippen molar-refractivity contribution >= 4 is 11.8 Å². The van der Waals surface area contributed by atoms with Crippen molar-refractivity contribution in [3.8, 4) is 5.75 Å². The predicted octanol–water partition coefficient (Wildman–Crippen LogP) is 3.86. The predicted molar refractivity (Wildman–Crippen MR) is 138 cm³/mol. The molecule has 3 heterocycles. The normalized spacial score (nSPS) is 18.2. The van der Waals surface area contributed by atoms with Crippen LogP contribution in [0.25, 0.3) is 0 Å². The molecule has 3 aromatic rings. The maximum absolute atomic E-state index is 14.1. The van der Waals surface area contributed by atoms with Gasteiger partial charge in [-0.15, -0.1) is 0 Å². The van der Waals surface area contributed by atoms with Crippen LogP contribution in [0.4, 0.5) is 8.78 Å². The van der Waals surface area contributed by atoms with E-state index in [2.05, 4.69) is 19.2 Å². The van der Waals surface area contributed by atoms with Crippen LogP contribution in [0.15, 0.2) is 59.5 Å². The lowest BCUT2D eigenvalue weighted by Gasteiger charge is -2.35. The number of nitrogens with zero attached hydrogens (tertiary/aromatic N) is 2. The lowest BCUT2D eigenvalue weighted by molar-refractivity contribution is 0.00497. The number of rotatable bonds is 8. The molecule has 1 aromatic heterocycles. The second-order valence-corrected chi connectivity index (χ2v) is 10.2. The Morgan fingerprint density at radius 3 is 2.64 bits per heavy atom. The van der Waals surface area contributed by atoms with E-state index < -0.39 is 35.1 Å². The monoisotopic (exact) mass is 537 g/mol. The summed E-state index contributed by atoms with van der Waals surface area (Å²) in [7, 11) is 0. The van der Waals surface area contributed by atoms with E-state index in [1.54, 1.807) is 4.90 Å². The fourth-order valence-electron chi connectivity index (χ4n) is 5.04. The third-order valence-corrected chi connectivity index (χ3v) is 6.88. The molecule has 0 spiro atoms. The van der Waals surface area contributed by atoms with Gasteiger partial charge in [0.15, 0.2) is 17.7 Å². The molecule has 2 unspecified atom stereocenters. The molecule has 2 atom stereocenters. The van der Waals surface area contributed by atoms with E-state index in [-0.39, 0.29) is 48.3 Å². The number of amides is 2. The summed E-state index contributed by atoms with van der Waals surface area (Å²) < 4.78 is 40.7. The number of hydrogen-bond donors (Lipinski definition) is 1. The summed E-state index contributed by atoms with van der Waals surface area (Å²) in [6.45, 7) is 4.47. The number of aromatic nitrogens is 1. The van der Waals surface area contributed by atoms with Gasteiger partial charge in [0, 0.05) is 24.4 Å². The minimum absolute atomic E-state index is 0.0115. The quantitative estimate of drug-likeness (QED) is 0.472. The van der Waals surface area contributed by atoms with E-state index in [1.807, 2.05) is 30.3 Å². The highest BCUT2D eigenvalue weighted by molar-refractivity contribution is 5.99. The Bertz CT molecular complexity index is 1460. The van der Waals surface area contributed by atoms with Gasteiger partial charge in [0.1, 0.15) is 23.8 Å². The second-order valence-electron chi connectivity index (χ2n) is 10.2. The van der Waals surface area contributed by atoms with Gasteiger partial charge in [0.25, 0.3) is 11.8 Å². The van der Waals surface area contributed by atoms with Crippen molar-refractivity contribution in [3.05, 3.63) is 99.0 Å². The Balaban J connectivity index is 1.49. The van der Waals surface area contributed by atoms with E-state index in [9.17, 15) is 23.2 Å². The molecule has 39 heavy (non-hydrogen) atoms. The third kappa shape index (κ3) is 5.42. The first-order valence-corrected chi connectivity index (χ1v) is 12.8. The molecule has 1 N–H and O–H groups in total. The molecule has 204 valence electrons. The van der Waals surface area contributed by atoms with Crippen molar-refractivity contribution in [2.75, 3.05) is 6.61 Å². The average Bonchev–Trinajstić information content (AvgIpc) is 3.30. The van der Waals surface area contributed by atoms with Crippen LogP contribution < -0.4 is 15.5 Å². The van der Waals surface area contributed by atoms with Crippen LogP contribution >= 0.6 is 0 Å². The number of fused-ring (bicyclic) bond motifs is 2. The van der Waals surface area contributed by atoms with Gasteiger partial charge in [-0.2, -0.15) is 0 Å². The molecule has 1 saturated heterocycles. The topological polar surface area (TPSA) is 89.9 Å². The molecule has 2 aliphatic heterocycles. The van der Waals surface area contributed by atoms with Gasteiger partial charge in [0.2, 0.25) is 5.43 Å². The van der Waals surface area contributed by atoms with Gasteiger partial charge in [-0.1, -0.05) is 50.2 Å². The third-order valence-electron chi connectivity index (χ3n) is 6.88. The van der Waals surface area contributed by atoms with Crippen LogP contribution in [-0.4, -0.2) is 40.2 Å². The van der Waals surface area contributed by atoms with E-state index in [0.29, 0.717) is 12.5 Å². The van der Waals surface area contributed by atoms with Gasteiger partial charge in [-0.3, -0.25) is 14.4 Å². The number of pyridine rings is 1. The second kappa shape index (κ2) is 11.0. The number of benzene rings is 2. The summed E-state index contributed by atoms with van der Waals surface area (Å²) in [6.07, 6.45) is 1.52. The standard InChI is InChI=1S/C29H29F2N3O5/c1-17(2)10-21-16-38-24-14-33-13-22(28(36)32-12-19-8-9-20(30)11-23(19)31)26(35)27(25(33)29(37)34(21)24)39-15-18-6-4-3-5-7-18/h3-9,11,13,17,21,24H,10,12,14-16H2,1-2H3,(H,32,36). The fourth-order valence-corrected chi connectivity index (χ4v) is 5.04. The van der Waals surface area contributed by atoms with Crippen molar-refractivity contribution in [2.24, 2.45) is 5.92 Å². The number of nitrogens with one attached hydrogen (secondary N) is 1. The minimum atomic E-state index is -0.815. The molecule has 1 fully saturated rings. The summed E-state index contributed by atoms with van der Waals surface area (Å²) in [5, 5.41) is 2.51. The molecule has 2 aromatic carbocycles. The molecule has 0 bridgehead atoms. The first-order chi connectivity index (χ1) is 18.7. The van der Waals surface area contributed by atoms with E-state index in [0.717, 1.165) is 24.1 Å². The number of hydrogen-bond acceptors (Lipinski definition) is 5.